The standard InChI is InChI=1S/C24H24N6O6S6.2Na.2H/c1-37-19-11-20(38-2)28-23(27-19)25-13-5-7-15(17(9-13)41(31,32)33)16-8-6-14(10-18(16)42(34,35)36)26-24-29-21(39-3)12-22(30-24)40-4;;;;/h5-12H,1-4H3,(H,25,27,28)(H,26,29,30)(H,31,32,33)(H,34,35,36);;;;/q;2*+1;2*-1. The number of hydrogen-bond donors (Lipinski definition) is 4. The van der Waals surface area contributed by atoms with Crippen molar-refractivity contribution in [2.75, 3.05) is 35.7 Å². The molecular weight excluding hydrogens is 707 g/mol. The Labute approximate surface area is 320 Å². The number of benzene rings is 2. The van der Waals surface area contributed by atoms with Crippen LogP contribution >= 0.6 is 47.0 Å². The first-order valence-corrected chi connectivity index (χ1v) is 19.3. The number of thioether (sulfide) groups is 4. The predicted octanol–water partition coefficient (Wildman–Crippen LogP) is 0.0348. The largest absolute Gasteiger partial charge is 1.00 e. The summed E-state index contributed by atoms with van der Waals surface area (Å²) in [5, 5.41) is 8.59. The summed E-state index contributed by atoms with van der Waals surface area (Å²) in [6.07, 6.45) is 7.41. The van der Waals surface area contributed by atoms with E-state index in [1.54, 1.807) is 12.1 Å². The molecule has 0 bridgehead atoms. The minimum absolute atomic E-state index is 0. The van der Waals surface area contributed by atoms with Crippen molar-refractivity contribution in [1.82, 2.24) is 19.9 Å². The fourth-order valence-electron chi connectivity index (χ4n) is 3.67. The second-order valence-electron chi connectivity index (χ2n) is 8.17. The Bertz CT molecular complexity index is 1700. The maximum atomic E-state index is 12.5. The Morgan fingerprint density at radius 2 is 0.864 bits per heavy atom. The minimum atomic E-state index is -4.86. The van der Waals surface area contributed by atoms with Crippen LogP contribution in [0.5, 0.6) is 0 Å². The van der Waals surface area contributed by atoms with Gasteiger partial charge in [-0.25, -0.2) is 19.9 Å². The fraction of sp³-hybridized carbons (Fsp3) is 0.167. The van der Waals surface area contributed by atoms with Crippen molar-refractivity contribution < 1.29 is 87.9 Å². The molecule has 0 atom stereocenters. The van der Waals surface area contributed by atoms with Gasteiger partial charge in [0.05, 0.1) is 0 Å². The number of anilines is 4. The van der Waals surface area contributed by atoms with Crippen molar-refractivity contribution in [1.29, 1.82) is 0 Å². The van der Waals surface area contributed by atoms with E-state index >= 15 is 0 Å². The molecule has 0 saturated carbocycles. The van der Waals surface area contributed by atoms with Crippen LogP contribution in [-0.4, -0.2) is 70.9 Å². The zero-order valence-corrected chi connectivity index (χ0v) is 33.3. The van der Waals surface area contributed by atoms with Gasteiger partial charge in [0.15, 0.2) is 0 Å². The van der Waals surface area contributed by atoms with Crippen molar-refractivity contribution in [3.63, 3.8) is 0 Å². The number of nitrogens with one attached hydrogen (secondary N) is 2. The Morgan fingerprint density at radius 1 is 0.568 bits per heavy atom. The molecule has 226 valence electrons. The molecule has 0 saturated heterocycles. The van der Waals surface area contributed by atoms with Gasteiger partial charge in [0, 0.05) is 34.6 Å². The number of hydrogen-bond acceptors (Lipinski definition) is 14. The third-order valence-corrected chi connectivity index (χ3v) is 9.81. The third-order valence-electron chi connectivity index (χ3n) is 5.52. The van der Waals surface area contributed by atoms with E-state index in [-0.39, 0.29) is 96.4 Å². The first-order chi connectivity index (χ1) is 19.8. The molecule has 2 aromatic carbocycles. The van der Waals surface area contributed by atoms with Crippen LogP contribution < -0.4 is 69.7 Å². The van der Waals surface area contributed by atoms with Crippen molar-refractivity contribution in [2.45, 2.75) is 29.9 Å². The van der Waals surface area contributed by atoms with E-state index in [9.17, 15) is 25.9 Å². The molecule has 0 radical (unpaired) electrons. The van der Waals surface area contributed by atoms with E-state index in [4.69, 9.17) is 0 Å². The topological polar surface area (TPSA) is 184 Å². The molecule has 4 rings (SSSR count). The van der Waals surface area contributed by atoms with Gasteiger partial charge in [-0.1, -0.05) is 12.1 Å². The van der Waals surface area contributed by atoms with Crippen LogP contribution in [0.1, 0.15) is 2.85 Å². The second kappa shape index (κ2) is 17.0. The van der Waals surface area contributed by atoms with Crippen LogP contribution in [-0.2, 0) is 20.2 Å². The smallest absolute Gasteiger partial charge is 1.00 e. The maximum Gasteiger partial charge on any atom is 1.00 e. The van der Waals surface area contributed by atoms with Gasteiger partial charge in [-0.3, -0.25) is 9.11 Å². The second-order valence-corrected chi connectivity index (χ2v) is 14.3. The molecule has 0 aliphatic carbocycles. The summed E-state index contributed by atoms with van der Waals surface area (Å²) in [6, 6.07) is 11.4. The summed E-state index contributed by atoms with van der Waals surface area (Å²) >= 11 is 5.61. The molecule has 0 aliphatic heterocycles. The van der Waals surface area contributed by atoms with Crippen LogP contribution in [0.3, 0.4) is 0 Å². The molecule has 0 amide bonds. The van der Waals surface area contributed by atoms with Gasteiger partial charge in [0.25, 0.3) is 20.2 Å². The SMILES string of the molecule is CSc1cc(SC)nc(Nc2ccc(-c3ccc(Nc4nc(SC)cc(SC)n4)cc3S(=O)(=O)O)c(S(=O)(=O)O)c2)n1.[H-].[H-].[Na+].[Na+]. The minimum Gasteiger partial charge on any atom is -1.00 e. The Morgan fingerprint density at radius 3 is 1.11 bits per heavy atom. The summed E-state index contributed by atoms with van der Waals surface area (Å²) in [7, 11) is -9.73. The predicted molar refractivity (Wildman–Crippen MR) is 171 cm³/mol. The van der Waals surface area contributed by atoms with Crippen molar-refractivity contribution in [3.05, 3.63) is 48.5 Å². The number of nitrogens with zero attached hydrogens (tertiary/aromatic N) is 4. The van der Waals surface area contributed by atoms with Crippen LogP contribution in [0.2, 0.25) is 0 Å². The third kappa shape index (κ3) is 10.2. The van der Waals surface area contributed by atoms with Gasteiger partial charge in [-0.05, 0) is 49.3 Å². The molecular formula is C24H26N6Na2O6S6. The summed E-state index contributed by atoms with van der Waals surface area (Å²) < 4.78 is 70.0. The first-order valence-electron chi connectivity index (χ1n) is 11.6. The molecule has 0 unspecified atom stereocenters. The molecule has 20 heteroatoms. The van der Waals surface area contributed by atoms with Crippen LogP contribution in [0.25, 0.3) is 11.1 Å². The summed E-state index contributed by atoms with van der Waals surface area (Å²) in [5.74, 6) is 0.401. The Hall–Kier alpha value is -0.580. The molecule has 0 fully saturated rings. The quantitative estimate of drug-likeness (QED) is 0.0701. The zero-order valence-electron chi connectivity index (χ0n) is 26.4. The van der Waals surface area contributed by atoms with Gasteiger partial charge in [-0.2, -0.15) is 16.8 Å². The summed E-state index contributed by atoms with van der Waals surface area (Å²) in [5.41, 5.74) is 0.129. The Kier molecular flexibility index (Phi) is 15.3. The average molecular weight is 733 g/mol. The van der Waals surface area contributed by atoms with Gasteiger partial charge < -0.3 is 13.5 Å². The van der Waals surface area contributed by atoms with Gasteiger partial charge in [-0.15, -0.1) is 47.0 Å². The van der Waals surface area contributed by atoms with E-state index in [0.717, 1.165) is 12.1 Å². The molecule has 4 N–H and O–H groups in total. The molecule has 0 aliphatic rings. The van der Waals surface area contributed by atoms with Crippen molar-refractivity contribution >= 4 is 90.6 Å². The van der Waals surface area contributed by atoms with Crippen LogP contribution in [0.4, 0.5) is 23.3 Å². The Balaban J connectivity index is 0.00000506. The van der Waals surface area contributed by atoms with Gasteiger partial charge in [0.1, 0.15) is 29.9 Å². The van der Waals surface area contributed by atoms with E-state index in [1.807, 2.05) is 25.0 Å². The van der Waals surface area contributed by atoms with E-state index in [1.165, 1.54) is 71.3 Å². The van der Waals surface area contributed by atoms with Crippen LogP contribution in [0.15, 0.2) is 78.4 Å². The summed E-state index contributed by atoms with van der Waals surface area (Å²) in [4.78, 5) is 16.3. The molecule has 2 heterocycles. The van der Waals surface area contributed by atoms with Crippen molar-refractivity contribution in [3.8, 4) is 11.1 Å². The molecule has 0 spiro atoms. The molecule has 44 heavy (non-hydrogen) atoms. The molecule has 2 aromatic heterocycles. The maximum absolute atomic E-state index is 12.5. The first kappa shape index (κ1) is 39.6. The summed E-state index contributed by atoms with van der Waals surface area (Å²) in [6.45, 7) is 0. The van der Waals surface area contributed by atoms with Gasteiger partial charge in [0.2, 0.25) is 11.9 Å². The number of rotatable bonds is 11. The fourth-order valence-corrected chi connectivity index (χ4v) is 6.91. The van der Waals surface area contributed by atoms with E-state index in [0.29, 0.717) is 20.1 Å². The zero-order chi connectivity index (χ0) is 30.7. The monoisotopic (exact) mass is 732 g/mol. The number of aromatic nitrogens is 4. The molecule has 12 nitrogen and oxygen atoms in total. The van der Waals surface area contributed by atoms with Crippen molar-refractivity contribution in [2.24, 2.45) is 0 Å². The average Bonchev–Trinajstić information content (AvgIpc) is 2.95. The normalized spacial score (nSPS) is 11.3. The van der Waals surface area contributed by atoms with Crippen LogP contribution in [0, 0.1) is 0 Å². The van der Waals surface area contributed by atoms with Gasteiger partial charge >= 0.3 is 59.1 Å². The van der Waals surface area contributed by atoms with E-state index in [2.05, 4.69) is 30.6 Å². The molecule has 4 aromatic rings. The van der Waals surface area contributed by atoms with E-state index < -0.39 is 30.0 Å².